The molecule has 1 aliphatic heterocycles. The van der Waals surface area contributed by atoms with Gasteiger partial charge in [-0.3, -0.25) is 0 Å². The number of hydrogen-bond acceptors (Lipinski definition) is 6. The number of allylic oxidation sites excluding steroid dienone is 2. The molecule has 1 heterocycles. The van der Waals surface area contributed by atoms with E-state index >= 15 is 0 Å². The van der Waals surface area contributed by atoms with Crippen molar-refractivity contribution in [1.82, 2.24) is 4.90 Å². The Hall–Kier alpha value is -3.38. The van der Waals surface area contributed by atoms with Crippen molar-refractivity contribution in [3.8, 4) is 0 Å². The Bertz CT molecular complexity index is 975. The Labute approximate surface area is 176 Å². The largest absolute Gasteiger partial charge is 0.422 e. The summed E-state index contributed by atoms with van der Waals surface area (Å²) >= 11 is 0. The van der Waals surface area contributed by atoms with Crippen LogP contribution in [0.3, 0.4) is 0 Å². The summed E-state index contributed by atoms with van der Waals surface area (Å²) in [6, 6.07) is 18.8. The van der Waals surface area contributed by atoms with E-state index in [4.69, 9.17) is 15.3 Å². The van der Waals surface area contributed by atoms with Crippen LogP contribution in [-0.2, 0) is 9.47 Å². The molecular formula is C24H25N3O3. The van der Waals surface area contributed by atoms with Crippen molar-refractivity contribution in [3.05, 3.63) is 88.6 Å². The van der Waals surface area contributed by atoms with Crippen molar-refractivity contribution in [1.29, 1.82) is 0 Å². The third-order valence-corrected chi connectivity index (χ3v) is 5.31. The van der Waals surface area contributed by atoms with Crippen molar-refractivity contribution >= 4 is 17.9 Å². The minimum Gasteiger partial charge on any atom is -0.422 e. The van der Waals surface area contributed by atoms with Crippen LogP contribution in [0.4, 0.5) is 0 Å². The van der Waals surface area contributed by atoms with Crippen molar-refractivity contribution in [2.75, 3.05) is 26.3 Å². The molecule has 1 fully saturated rings. The van der Waals surface area contributed by atoms with Crippen molar-refractivity contribution in [2.45, 2.75) is 12.8 Å². The third-order valence-electron chi connectivity index (χ3n) is 5.31. The van der Waals surface area contributed by atoms with Gasteiger partial charge in [-0.05, 0) is 30.5 Å². The summed E-state index contributed by atoms with van der Waals surface area (Å²) in [5, 5.41) is 3.77. The quantitative estimate of drug-likeness (QED) is 0.271. The fourth-order valence-electron chi connectivity index (χ4n) is 3.92. The first-order valence-electron chi connectivity index (χ1n) is 10.1. The topological polar surface area (TPSA) is 77.2 Å². The Balaban J connectivity index is 1.80. The maximum absolute atomic E-state index is 12.9. The summed E-state index contributed by atoms with van der Waals surface area (Å²) in [4.78, 5) is 15.2. The maximum atomic E-state index is 12.9. The van der Waals surface area contributed by atoms with E-state index in [0.29, 0.717) is 24.5 Å². The molecule has 0 amide bonds. The lowest BCUT2D eigenvalue weighted by molar-refractivity contribution is 0.0544. The second-order valence-electron chi connectivity index (χ2n) is 7.18. The lowest BCUT2D eigenvalue weighted by Gasteiger charge is -2.32. The average Bonchev–Trinajstić information content (AvgIpc) is 3.22. The van der Waals surface area contributed by atoms with Gasteiger partial charge < -0.3 is 20.2 Å². The van der Waals surface area contributed by atoms with E-state index < -0.39 is 0 Å². The van der Waals surface area contributed by atoms with E-state index in [1.54, 1.807) is 18.3 Å². The van der Waals surface area contributed by atoms with E-state index in [1.807, 2.05) is 48.5 Å². The molecule has 0 saturated carbocycles. The number of morpholine rings is 1. The molecular weight excluding hydrogens is 378 g/mol. The van der Waals surface area contributed by atoms with Gasteiger partial charge in [-0.15, -0.1) is 0 Å². The predicted molar refractivity (Wildman–Crippen MR) is 117 cm³/mol. The molecule has 154 valence electrons. The number of rotatable bonds is 5. The summed E-state index contributed by atoms with van der Waals surface area (Å²) in [7, 11) is 0. The fourth-order valence-corrected chi connectivity index (χ4v) is 3.92. The van der Waals surface area contributed by atoms with Gasteiger partial charge in [0.05, 0.1) is 25.0 Å². The fraction of sp³-hybridized carbons (Fsp3) is 0.250. The van der Waals surface area contributed by atoms with E-state index in [2.05, 4.69) is 10.0 Å². The lowest BCUT2D eigenvalue weighted by Crippen LogP contribution is -2.36. The van der Waals surface area contributed by atoms with Crippen LogP contribution in [0.15, 0.2) is 82.6 Å². The van der Waals surface area contributed by atoms with Gasteiger partial charge in [-0.2, -0.15) is 5.10 Å². The van der Waals surface area contributed by atoms with Crippen LogP contribution in [0.2, 0.25) is 0 Å². The summed E-state index contributed by atoms with van der Waals surface area (Å²) < 4.78 is 11.6. The zero-order valence-corrected chi connectivity index (χ0v) is 16.8. The molecule has 0 radical (unpaired) electrons. The average molecular weight is 403 g/mol. The van der Waals surface area contributed by atoms with E-state index in [1.165, 1.54) is 0 Å². The highest BCUT2D eigenvalue weighted by molar-refractivity contribution is 5.94. The van der Waals surface area contributed by atoms with Crippen molar-refractivity contribution in [2.24, 2.45) is 10.9 Å². The number of nitrogens with two attached hydrogens (primary N) is 1. The summed E-state index contributed by atoms with van der Waals surface area (Å²) in [6.45, 7) is 2.87. The Morgan fingerprint density at radius 1 is 0.967 bits per heavy atom. The number of hydrazone groups is 1. The molecule has 4 rings (SSSR count). The molecule has 2 N–H and O–H groups in total. The molecule has 0 atom stereocenters. The van der Waals surface area contributed by atoms with Crippen molar-refractivity contribution < 1.29 is 14.3 Å². The Morgan fingerprint density at radius 3 is 2.23 bits per heavy atom. The molecule has 1 aliphatic carbocycles. The number of benzene rings is 2. The van der Waals surface area contributed by atoms with Crippen LogP contribution in [0.25, 0.3) is 5.76 Å². The second kappa shape index (κ2) is 9.41. The van der Waals surface area contributed by atoms with Crippen LogP contribution in [-0.4, -0.2) is 43.4 Å². The smallest absolute Gasteiger partial charge is 0.343 e. The zero-order valence-electron chi connectivity index (χ0n) is 16.8. The molecule has 2 aliphatic rings. The van der Waals surface area contributed by atoms with Gasteiger partial charge in [0.1, 0.15) is 5.76 Å². The second-order valence-corrected chi connectivity index (χ2v) is 7.18. The first kappa shape index (κ1) is 19.9. The molecule has 1 saturated heterocycles. The molecule has 2 aromatic carbocycles. The van der Waals surface area contributed by atoms with Crippen LogP contribution in [0, 0.1) is 0 Å². The molecule has 6 nitrogen and oxygen atoms in total. The number of carbonyl (C=O) groups excluding carboxylic acids is 1. The van der Waals surface area contributed by atoms with Gasteiger partial charge in [-0.1, -0.05) is 48.5 Å². The number of esters is 1. The molecule has 0 aromatic heterocycles. The lowest BCUT2D eigenvalue weighted by atomic mass is 10.0. The normalized spacial score (nSPS) is 18.7. The highest BCUT2D eigenvalue weighted by Crippen LogP contribution is 2.39. The molecule has 2 aromatic rings. The Morgan fingerprint density at radius 2 is 1.60 bits per heavy atom. The third kappa shape index (κ3) is 4.28. The predicted octanol–water partition coefficient (Wildman–Crippen LogP) is 3.58. The maximum Gasteiger partial charge on any atom is 0.343 e. The monoisotopic (exact) mass is 403 g/mol. The number of nitrogens with zero attached hydrogens (tertiary/aromatic N) is 2. The van der Waals surface area contributed by atoms with E-state index in [0.717, 1.165) is 48.3 Å². The highest BCUT2D eigenvalue weighted by Gasteiger charge is 2.30. The van der Waals surface area contributed by atoms with Crippen LogP contribution in [0.1, 0.15) is 28.8 Å². The molecule has 0 unspecified atom stereocenters. The minimum atomic E-state index is -0.371. The van der Waals surface area contributed by atoms with E-state index in [9.17, 15) is 4.79 Å². The van der Waals surface area contributed by atoms with Gasteiger partial charge in [0.25, 0.3) is 0 Å². The summed E-state index contributed by atoms with van der Waals surface area (Å²) in [6.07, 6.45) is 3.25. The highest BCUT2D eigenvalue weighted by atomic mass is 16.5. The number of hydrogen-bond donors (Lipinski definition) is 1. The number of ether oxygens (including phenoxy) is 2. The minimum absolute atomic E-state index is 0.371. The van der Waals surface area contributed by atoms with Crippen LogP contribution < -0.4 is 5.84 Å². The van der Waals surface area contributed by atoms with Crippen molar-refractivity contribution in [3.63, 3.8) is 0 Å². The SMILES string of the molecule is N/N=C\C1=C(N2CCOCC2)C(=C(\OC(=O)c2ccccc2)c2ccccc2)/CC1. The Kier molecular flexibility index (Phi) is 6.25. The standard InChI is InChI=1S/C24H25N3O3/c25-26-17-20-11-12-21(22(20)27-13-15-29-16-14-27)23(18-7-3-1-4-8-18)30-24(28)19-9-5-2-6-10-19/h1-10,17H,11-16,25H2/b23-21-,26-17-. The van der Waals surface area contributed by atoms with Crippen LogP contribution in [0.5, 0.6) is 0 Å². The summed E-state index contributed by atoms with van der Waals surface area (Å²) in [5.41, 5.74) is 4.49. The van der Waals surface area contributed by atoms with Gasteiger partial charge in [0, 0.05) is 29.9 Å². The first-order chi connectivity index (χ1) is 14.8. The van der Waals surface area contributed by atoms with Gasteiger partial charge in [0.15, 0.2) is 0 Å². The first-order valence-corrected chi connectivity index (χ1v) is 10.1. The summed E-state index contributed by atoms with van der Waals surface area (Å²) in [5.74, 6) is 5.70. The molecule has 30 heavy (non-hydrogen) atoms. The van der Waals surface area contributed by atoms with Gasteiger partial charge in [0.2, 0.25) is 0 Å². The molecule has 6 heteroatoms. The van der Waals surface area contributed by atoms with Crippen LogP contribution >= 0.6 is 0 Å². The molecule has 0 spiro atoms. The van der Waals surface area contributed by atoms with E-state index in [-0.39, 0.29) is 5.97 Å². The van der Waals surface area contributed by atoms with Gasteiger partial charge in [-0.25, -0.2) is 4.79 Å². The van der Waals surface area contributed by atoms with Gasteiger partial charge >= 0.3 is 5.97 Å². The zero-order chi connectivity index (χ0) is 20.8. The number of carbonyl (C=O) groups is 1. The molecule has 0 bridgehead atoms.